The van der Waals surface area contributed by atoms with E-state index in [9.17, 15) is 0 Å². The quantitative estimate of drug-likeness (QED) is 0.744. The van der Waals surface area contributed by atoms with Crippen LogP contribution in [0.1, 0.15) is 45.4 Å². The largest absolute Gasteiger partial charge is 0.395 e. The predicted octanol–water partition coefficient (Wildman–Crippen LogP) is 1.93. The molecule has 2 atom stereocenters. The monoisotopic (exact) mass is 209 g/mol. The van der Waals surface area contributed by atoms with Gasteiger partial charge in [-0.1, -0.05) is 6.92 Å². The van der Waals surface area contributed by atoms with Crippen LogP contribution in [-0.2, 0) is 0 Å². The van der Waals surface area contributed by atoms with E-state index in [0.717, 1.165) is 18.4 Å². The molecule has 0 aromatic rings. The van der Waals surface area contributed by atoms with E-state index in [1.807, 2.05) is 0 Å². The van der Waals surface area contributed by atoms with Crippen LogP contribution >= 0.6 is 0 Å². The van der Waals surface area contributed by atoms with Gasteiger partial charge in [0.15, 0.2) is 0 Å². The fourth-order valence-electron chi connectivity index (χ4n) is 5.25. The van der Waals surface area contributed by atoms with Crippen LogP contribution in [0.4, 0.5) is 0 Å². The minimum Gasteiger partial charge on any atom is -0.395 e. The number of β-amino-alcohol motifs (C(OH)–C–C–N with tert-alkyl or cyclic N) is 1. The molecular formula is C13H23NO. The zero-order valence-electron chi connectivity index (χ0n) is 9.76. The second-order valence-corrected chi connectivity index (χ2v) is 6.70. The number of hydrogen-bond donors (Lipinski definition) is 2. The minimum atomic E-state index is 0.286. The van der Waals surface area contributed by atoms with Crippen LogP contribution < -0.4 is 5.32 Å². The zero-order valence-corrected chi connectivity index (χ0v) is 9.76. The van der Waals surface area contributed by atoms with Crippen molar-refractivity contribution in [1.29, 1.82) is 0 Å². The van der Waals surface area contributed by atoms with Crippen molar-refractivity contribution in [2.75, 3.05) is 13.2 Å². The molecule has 0 radical (unpaired) electrons. The number of nitrogens with one attached hydrogen (secondary N) is 1. The van der Waals surface area contributed by atoms with Gasteiger partial charge in [0.1, 0.15) is 0 Å². The summed E-state index contributed by atoms with van der Waals surface area (Å²) in [6, 6.07) is 0. The Morgan fingerprint density at radius 2 is 1.87 bits per heavy atom. The van der Waals surface area contributed by atoms with Gasteiger partial charge in [-0.2, -0.15) is 0 Å². The first-order chi connectivity index (χ1) is 7.13. The normalized spacial score (nSPS) is 52.4. The van der Waals surface area contributed by atoms with E-state index >= 15 is 0 Å². The Labute approximate surface area is 92.4 Å². The highest BCUT2D eigenvalue weighted by Crippen LogP contribution is 2.61. The lowest BCUT2D eigenvalue weighted by atomic mass is 9.47. The summed E-state index contributed by atoms with van der Waals surface area (Å²) in [6.45, 7) is 3.56. The van der Waals surface area contributed by atoms with Crippen LogP contribution in [0.25, 0.3) is 0 Å². The van der Waals surface area contributed by atoms with Crippen molar-refractivity contribution in [2.24, 2.45) is 17.3 Å². The van der Waals surface area contributed by atoms with Crippen molar-refractivity contribution >= 4 is 0 Å². The van der Waals surface area contributed by atoms with E-state index in [0.29, 0.717) is 11.0 Å². The summed E-state index contributed by atoms with van der Waals surface area (Å²) in [6.07, 6.45) is 8.52. The number of aliphatic hydroxyl groups excluding tert-OH is 1. The van der Waals surface area contributed by atoms with Crippen molar-refractivity contribution in [3.63, 3.8) is 0 Å². The number of aliphatic hydroxyl groups is 1. The van der Waals surface area contributed by atoms with Crippen molar-refractivity contribution in [3.05, 3.63) is 0 Å². The van der Waals surface area contributed by atoms with Crippen molar-refractivity contribution in [3.8, 4) is 0 Å². The predicted molar refractivity (Wildman–Crippen MR) is 60.6 cm³/mol. The highest BCUT2D eigenvalue weighted by Gasteiger charge is 2.55. The molecule has 0 spiro atoms. The molecule has 2 unspecified atom stereocenters. The first-order valence-corrected chi connectivity index (χ1v) is 6.49. The Morgan fingerprint density at radius 1 is 1.20 bits per heavy atom. The summed E-state index contributed by atoms with van der Waals surface area (Å²) in [7, 11) is 0. The van der Waals surface area contributed by atoms with Crippen LogP contribution in [0.2, 0.25) is 0 Å². The topological polar surface area (TPSA) is 32.3 Å². The molecule has 2 N–H and O–H groups in total. The standard InChI is InChI=1S/C13H23NO/c1-12-5-10-4-11(6-12)8-13(7-10,9-12)14-2-3-15/h10-11,14-15H,2-9H2,1H3. The maximum absolute atomic E-state index is 8.97. The molecular weight excluding hydrogens is 186 g/mol. The molecule has 15 heavy (non-hydrogen) atoms. The maximum atomic E-state index is 8.97. The summed E-state index contributed by atoms with van der Waals surface area (Å²) < 4.78 is 0. The molecule has 2 nitrogen and oxygen atoms in total. The van der Waals surface area contributed by atoms with Gasteiger partial charge in [-0.25, -0.2) is 0 Å². The molecule has 4 rings (SSSR count). The Hall–Kier alpha value is -0.0800. The van der Waals surface area contributed by atoms with E-state index in [4.69, 9.17) is 5.11 Å². The summed E-state index contributed by atoms with van der Waals surface area (Å²) in [5, 5.41) is 12.6. The van der Waals surface area contributed by atoms with Crippen molar-refractivity contribution in [2.45, 2.75) is 51.0 Å². The van der Waals surface area contributed by atoms with Gasteiger partial charge >= 0.3 is 0 Å². The molecule has 0 aromatic carbocycles. The molecule has 86 valence electrons. The van der Waals surface area contributed by atoms with Gasteiger partial charge in [-0.05, 0) is 55.8 Å². The van der Waals surface area contributed by atoms with Gasteiger partial charge in [0, 0.05) is 12.1 Å². The van der Waals surface area contributed by atoms with Crippen molar-refractivity contribution in [1.82, 2.24) is 5.32 Å². The Bertz CT molecular complexity index is 249. The van der Waals surface area contributed by atoms with E-state index in [1.165, 1.54) is 38.5 Å². The summed E-state index contributed by atoms with van der Waals surface area (Å²) in [5.74, 6) is 1.95. The van der Waals surface area contributed by atoms with E-state index in [1.54, 1.807) is 0 Å². The fraction of sp³-hybridized carbons (Fsp3) is 1.00. The second kappa shape index (κ2) is 3.21. The average Bonchev–Trinajstić information content (AvgIpc) is 2.10. The second-order valence-electron chi connectivity index (χ2n) is 6.70. The molecule has 4 aliphatic rings. The highest BCUT2D eigenvalue weighted by atomic mass is 16.3. The molecule has 2 heteroatoms. The van der Waals surface area contributed by atoms with E-state index in [2.05, 4.69) is 12.2 Å². The smallest absolute Gasteiger partial charge is 0.0556 e. The molecule has 4 fully saturated rings. The molecule has 4 saturated carbocycles. The Kier molecular flexibility index (Phi) is 2.16. The third-order valence-electron chi connectivity index (χ3n) is 4.97. The van der Waals surface area contributed by atoms with Crippen LogP contribution in [0.5, 0.6) is 0 Å². The first-order valence-electron chi connectivity index (χ1n) is 6.49. The number of rotatable bonds is 3. The fourth-order valence-corrected chi connectivity index (χ4v) is 5.25. The average molecular weight is 209 g/mol. The van der Waals surface area contributed by atoms with Crippen LogP contribution in [0, 0.1) is 17.3 Å². The third-order valence-corrected chi connectivity index (χ3v) is 4.97. The summed E-state index contributed by atoms with van der Waals surface area (Å²) >= 11 is 0. The molecule has 0 saturated heterocycles. The maximum Gasteiger partial charge on any atom is 0.0556 e. The SMILES string of the molecule is CC12CC3CC(C1)CC(NCCO)(C3)C2. The van der Waals surface area contributed by atoms with Crippen molar-refractivity contribution < 1.29 is 5.11 Å². The van der Waals surface area contributed by atoms with Gasteiger partial charge in [0.05, 0.1) is 6.61 Å². The van der Waals surface area contributed by atoms with Crippen LogP contribution in [-0.4, -0.2) is 23.8 Å². The molecule has 0 aromatic heterocycles. The third kappa shape index (κ3) is 1.62. The molecule has 4 aliphatic carbocycles. The van der Waals surface area contributed by atoms with Crippen LogP contribution in [0.3, 0.4) is 0 Å². The van der Waals surface area contributed by atoms with Gasteiger partial charge in [0.25, 0.3) is 0 Å². The molecule has 0 amide bonds. The van der Waals surface area contributed by atoms with Gasteiger partial charge < -0.3 is 10.4 Å². The zero-order chi connectivity index (χ0) is 10.5. The lowest BCUT2D eigenvalue weighted by Gasteiger charge is -2.61. The highest BCUT2D eigenvalue weighted by molar-refractivity contribution is 5.10. The summed E-state index contributed by atoms with van der Waals surface area (Å²) in [5.41, 5.74) is 1.02. The van der Waals surface area contributed by atoms with E-state index < -0.39 is 0 Å². The van der Waals surface area contributed by atoms with Gasteiger partial charge in [0.2, 0.25) is 0 Å². The Morgan fingerprint density at radius 3 is 2.40 bits per heavy atom. The molecule has 4 bridgehead atoms. The minimum absolute atomic E-state index is 0.286. The van der Waals surface area contributed by atoms with Gasteiger partial charge in [-0.15, -0.1) is 0 Å². The van der Waals surface area contributed by atoms with Crippen LogP contribution in [0.15, 0.2) is 0 Å². The van der Waals surface area contributed by atoms with E-state index in [-0.39, 0.29) is 6.61 Å². The Balaban J connectivity index is 1.80. The number of hydrogen-bond acceptors (Lipinski definition) is 2. The lowest BCUT2D eigenvalue weighted by Crippen LogP contribution is -2.61. The first kappa shape index (κ1) is 10.1. The summed E-state index contributed by atoms with van der Waals surface area (Å²) in [4.78, 5) is 0. The lowest BCUT2D eigenvalue weighted by molar-refractivity contribution is -0.0727. The molecule has 0 heterocycles. The molecule has 0 aliphatic heterocycles. The van der Waals surface area contributed by atoms with Gasteiger partial charge in [-0.3, -0.25) is 0 Å².